The first kappa shape index (κ1) is 16.1. The lowest BCUT2D eigenvalue weighted by molar-refractivity contribution is 0.0947. The van der Waals surface area contributed by atoms with Crippen molar-refractivity contribution in [2.24, 2.45) is 0 Å². The highest BCUT2D eigenvalue weighted by atomic mass is 79.9. The molecule has 0 saturated heterocycles. The molecular formula is C16H18BrFN4O. The largest absolute Gasteiger partial charge is 0.351 e. The summed E-state index contributed by atoms with van der Waals surface area (Å²) in [5.41, 5.74) is 3.10. The molecule has 1 aromatic heterocycles. The first-order chi connectivity index (χ1) is 11.1. The van der Waals surface area contributed by atoms with E-state index in [2.05, 4.69) is 36.8 Å². The van der Waals surface area contributed by atoms with Gasteiger partial charge in [-0.2, -0.15) is 5.10 Å². The molecule has 0 fully saturated rings. The Hall–Kier alpha value is -1.73. The normalized spacial score (nSPS) is 13.7. The number of amides is 1. The fourth-order valence-electron chi connectivity index (χ4n) is 2.70. The molecule has 0 atom stereocenters. The van der Waals surface area contributed by atoms with Gasteiger partial charge in [-0.15, -0.1) is 0 Å². The molecule has 0 unspecified atom stereocenters. The van der Waals surface area contributed by atoms with E-state index in [0.29, 0.717) is 37.2 Å². The number of aromatic amines is 1. The topological polar surface area (TPSA) is 69.8 Å². The quantitative estimate of drug-likeness (QED) is 0.697. The highest BCUT2D eigenvalue weighted by Crippen LogP contribution is 2.17. The third-order valence-corrected chi connectivity index (χ3v) is 4.44. The molecule has 2 heterocycles. The molecule has 2 aromatic rings. The molecule has 1 aliphatic heterocycles. The minimum Gasteiger partial charge on any atom is -0.351 e. The molecule has 1 aliphatic rings. The third-order valence-electron chi connectivity index (χ3n) is 3.94. The Labute approximate surface area is 142 Å². The molecule has 0 spiro atoms. The molecule has 5 nitrogen and oxygen atoms in total. The molecule has 3 rings (SSSR count). The molecule has 0 saturated carbocycles. The van der Waals surface area contributed by atoms with Crippen LogP contribution in [0.3, 0.4) is 0 Å². The van der Waals surface area contributed by atoms with Crippen molar-refractivity contribution < 1.29 is 9.18 Å². The Bertz CT molecular complexity index is 716. The van der Waals surface area contributed by atoms with E-state index in [1.807, 2.05) is 6.07 Å². The van der Waals surface area contributed by atoms with Crippen LogP contribution < -0.4 is 10.6 Å². The molecule has 7 heteroatoms. The van der Waals surface area contributed by atoms with Gasteiger partial charge >= 0.3 is 0 Å². The van der Waals surface area contributed by atoms with Crippen molar-refractivity contribution >= 4 is 21.8 Å². The van der Waals surface area contributed by atoms with Gasteiger partial charge in [0.2, 0.25) is 0 Å². The summed E-state index contributed by atoms with van der Waals surface area (Å²) >= 11 is 3.24. The van der Waals surface area contributed by atoms with Gasteiger partial charge in [0.05, 0.1) is 0 Å². The van der Waals surface area contributed by atoms with Crippen molar-refractivity contribution in [2.45, 2.75) is 25.8 Å². The van der Waals surface area contributed by atoms with Crippen molar-refractivity contribution in [2.75, 3.05) is 13.1 Å². The first-order valence-electron chi connectivity index (χ1n) is 7.64. The maximum Gasteiger partial charge on any atom is 0.272 e. The van der Waals surface area contributed by atoms with Crippen molar-refractivity contribution in [3.8, 4) is 0 Å². The zero-order valence-corrected chi connectivity index (χ0v) is 14.2. The van der Waals surface area contributed by atoms with Gasteiger partial charge in [-0.1, -0.05) is 22.0 Å². The predicted octanol–water partition coefficient (Wildman–Crippen LogP) is 2.32. The Morgan fingerprint density at radius 2 is 2.30 bits per heavy atom. The van der Waals surface area contributed by atoms with Gasteiger partial charge in [0.25, 0.3) is 5.91 Å². The lowest BCUT2D eigenvalue weighted by atomic mass is 10.1. The van der Waals surface area contributed by atoms with Crippen LogP contribution in [0.25, 0.3) is 0 Å². The molecule has 0 aliphatic carbocycles. The van der Waals surface area contributed by atoms with Gasteiger partial charge in [-0.25, -0.2) is 4.39 Å². The molecule has 23 heavy (non-hydrogen) atoms. The van der Waals surface area contributed by atoms with Crippen LogP contribution >= 0.6 is 15.9 Å². The molecule has 1 amide bonds. The van der Waals surface area contributed by atoms with Gasteiger partial charge in [0.1, 0.15) is 5.82 Å². The second-order valence-electron chi connectivity index (χ2n) is 5.55. The second-order valence-corrected chi connectivity index (χ2v) is 6.47. The minimum absolute atomic E-state index is 0.178. The van der Waals surface area contributed by atoms with E-state index >= 15 is 0 Å². The predicted molar refractivity (Wildman–Crippen MR) is 88.8 cm³/mol. The standard InChI is InChI=1S/C16H18BrFN4O/c17-11-4-3-10(13(18)8-11)2-1-6-20-16(23)15-12-9-19-7-5-14(12)21-22-15/h3-4,8,19H,1-2,5-7,9H2,(H,20,23)(H,21,22). The highest BCUT2D eigenvalue weighted by Gasteiger charge is 2.21. The van der Waals surface area contributed by atoms with Gasteiger partial charge in [-0.05, 0) is 30.5 Å². The number of nitrogens with one attached hydrogen (secondary N) is 3. The summed E-state index contributed by atoms with van der Waals surface area (Å²) in [6.07, 6.45) is 2.12. The van der Waals surface area contributed by atoms with Crippen molar-refractivity contribution in [3.05, 3.63) is 51.0 Å². The van der Waals surface area contributed by atoms with E-state index in [0.717, 1.165) is 28.7 Å². The van der Waals surface area contributed by atoms with E-state index in [-0.39, 0.29) is 11.7 Å². The maximum absolute atomic E-state index is 13.7. The van der Waals surface area contributed by atoms with Crippen molar-refractivity contribution in [3.63, 3.8) is 0 Å². The average molecular weight is 381 g/mol. The van der Waals surface area contributed by atoms with Gasteiger partial charge in [0.15, 0.2) is 5.69 Å². The zero-order valence-electron chi connectivity index (χ0n) is 12.6. The molecule has 3 N–H and O–H groups in total. The van der Waals surface area contributed by atoms with E-state index in [1.54, 1.807) is 6.07 Å². The number of aryl methyl sites for hydroxylation is 1. The monoisotopic (exact) mass is 380 g/mol. The Kier molecular flexibility index (Phi) is 5.07. The Morgan fingerprint density at radius 3 is 3.13 bits per heavy atom. The lowest BCUT2D eigenvalue weighted by Crippen LogP contribution is -2.29. The van der Waals surface area contributed by atoms with Crippen LogP contribution in [0, 0.1) is 5.82 Å². The SMILES string of the molecule is O=C(NCCCc1ccc(Br)cc1F)c1n[nH]c2c1CNCC2. The number of fused-ring (bicyclic) bond motifs is 1. The number of hydrogen-bond donors (Lipinski definition) is 3. The van der Waals surface area contributed by atoms with Crippen LogP contribution in [-0.2, 0) is 19.4 Å². The van der Waals surface area contributed by atoms with Gasteiger partial charge in [0, 0.05) is 41.8 Å². The van der Waals surface area contributed by atoms with E-state index in [1.165, 1.54) is 6.07 Å². The number of rotatable bonds is 5. The van der Waals surface area contributed by atoms with Crippen LogP contribution in [0.2, 0.25) is 0 Å². The minimum atomic E-state index is -0.224. The highest BCUT2D eigenvalue weighted by molar-refractivity contribution is 9.10. The summed E-state index contributed by atoms with van der Waals surface area (Å²) in [5.74, 6) is -0.402. The van der Waals surface area contributed by atoms with Crippen molar-refractivity contribution in [1.82, 2.24) is 20.8 Å². The fraction of sp³-hybridized carbons (Fsp3) is 0.375. The number of carbonyl (C=O) groups is 1. The third kappa shape index (κ3) is 3.79. The Balaban J connectivity index is 1.51. The number of nitrogens with zero attached hydrogens (tertiary/aromatic N) is 1. The number of hydrogen-bond acceptors (Lipinski definition) is 3. The summed E-state index contributed by atoms with van der Waals surface area (Å²) in [5, 5.41) is 13.1. The number of benzene rings is 1. The molecular weight excluding hydrogens is 363 g/mol. The summed E-state index contributed by atoms with van der Waals surface area (Å²) < 4.78 is 14.4. The molecule has 0 radical (unpaired) electrons. The van der Waals surface area contributed by atoms with Gasteiger partial charge < -0.3 is 10.6 Å². The summed E-state index contributed by atoms with van der Waals surface area (Å²) in [4.78, 5) is 12.2. The Morgan fingerprint density at radius 1 is 1.43 bits per heavy atom. The molecule has 0 bridgehead atoms. The van der Waals surface area contributed by atoms with Crippen LogP contribution in [-0.4, -0.2) is 29.2 Å². The summed E-state index contributed by atoms with van der Waals surface area (Å²) in [6.45, 7) is 2.05. The van der Waals surface area contributed by atoms with Crippen LogP contribution in [0.4, 0.5) is 4.39 Å². The van der Waals surface area contributed by atoms with E-state index in [4.69, 9.17) is 0 Å². The maximum atomic E-state index is 13.7. The number of H-pyrrole nitrogens is 1. The lowest BCUT2D eigenvalue weighted by Gasteiger charge is -2.12. The number of carbonyl (C=O) groups excluding carboxylic acids is 1. The molecule has 122 valence electrons. The number of halogens is 2. The zero-order chi connectivity index (χ0) is 16.2. The second kappa shape index (κ2) is 7.23. The van der Waals surface area contributed by atoms with Crippen LogP contribution in [0.5, 0.6) is 0 Å². The smallest absolute Gasteiger partial charge is 0.272 e. The summed E-state index contributed by atoms with van der Waals surface area (Å²) in [6, 6.07) is 5.04. The number of aromatic nitrogens is 2. The first-order valence-corrected chi connectivity index (χ1v) is 8.43. The van der Waals surface area contributed by atoms with E-state index < -0.39 is 0 Å². The van der Waals surface area contributed by atoms with E-state index in [9.17, 15) is 9.18 Å². The van der Waals surface area contributed by atoms with Crippen LogP contribution in [0.1, 0.15) is 33.7 Å². The fourth-order valence-corrected chi connectivity index (χ4v) is 3.04. The van der Waals surface area contributed by atoms with Gasteiger partial charge in [-0.3, -0.25) is 9.89 Å². The van der Waals surface area contributed by atoms with Crippen LogP contribution in [0.15, 0.2) is 22.7 Å². The average Bonchev–Trinajstić information content (AvgIpc) is 2.97. The molecule has 1 aromatic carbocycles. The van der Waals surface area contributed by atoms with Crippen molar-refractivity contribution in [1.29, 1.82) is 0 Å². The summed E-state index contributed by atoms with van der Waals surface area (Å²) in [7, 11) is 0.